The van der Waals surface area contributed by atoms with Gasteiger partial charge in [0, 0.05) is 18.1 Å². The van der Waals surface area contributed by atoms with Gasteiger partial charge in [-0.2, -0.15) is 0 Å². The maximum atomic E-state index is 12.0. The minimum Gasteiger partial charge on any atom is -1.00 e. The van der Waals surface area contributed by atoms with Crippen molar-refractivity contribution >= 4 is 5.78 Å². The number of carbonyl (C=O) groups excluding carboxylic acids is 1. The van der Waals surface area contributed by atoms with E-state index in [4.69, 9.17) is 0 Å². The second-order valence-electron chi connectivity index (χ2n) is 4.10. The molecule has 0 aliphatic rings. The van der Waals surface area contributed by atoms with Gasteiger partial charge in [0.1, 0.15) is 0 Å². The zero-order valence-corrected chi connectivity index (χ0v) is 12.0. The van der Waals surface area contributed by atoms with Crippen molar-refractivity contribution in [2.75, 3.05) is 0 Å². The molecular weight excluding hydrogens is 292 g/mol. The molecule has 2 aromatic rings. The quantitative estimate of drug-likeness (QED) is 0.531. The number of nitrogens with zero attached hydrogens (tertiary/aromatic N) is 2. The molecule has 0 fully saturated rings. The van der Waals surface area contributed by atoms with Gasteiger partial charge in [0.2, 0.25) is 5.78 Å². The smallest absolute Gasteiger partial charge is 0.286 e. The van der Waals surface area contributed by atoms with Gasteiger partial charge >= 0.3 is 0 Å². The fourth-order valence-corrected chi connectivity index (χ4v) is 1.61. The Morgan fingerprint density at radius 3 is 2.50 bits per heavy atom. The van der Waals surface area contributed by atoms with E-state index in [-0.39, 0.29) is 22.8 Å². The van der Waals surface area contributed by atoms with E-state index in [2.05, 4.69) is 4.98 Å². The fourth-order valence-electron chi connectivity index (χ4n) is 1.61. The highest BCUT2D eigenvalue weighted by Gasteiger charge is 2.10. The highest BCUT2D eigenvalue weighted by atomic mass is 79.9. The number of rotatable bonds is 3. The van der Waals surface area contributed by atoms with Crippen LogP contribution in [0.3, 0.4) is 0 Å². The van der Waals surface area contributed by atoms with Crippen molar-refractivity contribution in [1.82, 2.24) is 4.98 Å². The first-order valence-electron chi connectivity index (χ1n) is 5.57. The molecule has 0 radical (unpaired) electrons. The summed E-state index contributed by atoms with van der Waals surface area (Å²) in [4.78, 5) is 16.2. The molecule has 94 valence electrons. The molecule has 1 heterocycles. The Morgan fingerprint density at radius 1 is 1.22 bits per heavy atom. The Hall–Kier alpha value is -1.55. The summed E-state index contributed by atoms with van der Waals surface area (Å²) in [5, 5.41) is 0. The molecule has 3 nitrogen and oxygen atoms in total. The molecule has 0 amide bonds. The lowest BCUT2D eigenvalue weighted by atomic mass is 10.1. The number of halogens is 1. The largest absolute Gasteiger partial charge is 1.00 e. The van der Waals surface area contributed by atoms with Crippen molar-refractivity contribution in [1.29, 1.82) is 0 Å². The van der Waals surface area contributed by atoms with Gasteiger partial charge in [-0.15, -0.1) is 0 Å². The highest BCUT2D eigenvalue weighted by molar-refractivity contribution is 5.94. The van der Waals surface area contributed by atoms with Crippen molar-refractivity contribution in [3.63, 3.8) is 0 Å². The lowest BCUT2D eigenvalue weighted by Gasteiger charge is -2.01. The van der Waals surface area contributed by atoms with Crippen LogP contribution in [0.4, 0.5) is 0 Å². The summed E-state index contributed by atoms with van der Waals surface area (Å²) >= 11 is 0. The average Bonchev–Trinajstić information content (AvgIpc) is 2.35. The van der Waals surface area contributed by atoms with Crippen molar-refractivity contribution < 1.29 is 26.3 Å². The van der Waals surface area contributed by atoms with E-state index in [1.54, 1.807) is 6.33 Å². The lowest BCUT2D eigenvalue weighted by molar-refractivity contribution is -0.686. The second kappa shape index (κ2) is 6.40. The molecule has 0 N–H and O–H groups in total. The molecule has 0 aliphatic heterocycles. The van der Waals surface area contributed by atoms with E-state index in [0.717, 1.165) is 16.8 Å². The molecule has 2 rings (SSSR count). The summed E-state index contributed by atoms with van der Waals surface area (Å²) in [5.74, 6) is 0.0978. The zero-order valence-electron chi connectivity index (χ0n) is 10.4. The number of carbonyl (C=O) groups is 1. The van der Waals surface area contributed by atoms with Crippen LogP contribution in [-0.4, -0.2) is 10.8 Å². The number of hydrogen-bond donors (Lipinski definition) is 0. The topological polar surface area (TPSA) is 33.8 Å². The van der Waals surface area contributed by atoms with E-state index >= 15 is 0 Å². The molecule has 0 saturated heterocycles. The van der Waals surface area contributed by atoms with Gasteiger partial charge in [0.25, 0.3) is 6.33 Å². The minimum atomic E-state index is 0. The van der Waals surface area contributed by atoms with Gasteiger partial charge < -0.3 is 17.0 Å². The van der Waals surface area contributed by atoms with Gasteiger partial charge in [-0.1, -0.05) is 35.3 Å². The molecule has 0 saturated carbocycles. The van der Waals surface area contributed by atoms with E-state index in [0.29, 0.717) is 6.54 Å². The fraction of sp³-hybridized carbons (Fsp3) is 0.214. The highest BCUT2D eigenvalue weighted by Crippen LogP contribution is 2.01. The first kappa shape index (κ1) is 14.5. The second-order valence-corrected chi connectivity index (χ2v) is 4.10. The van der Waals surface area contributed by atoms with Crippen molar-refractivity contribution in [2.24, 2.45) is 0 Å². The summed E-state index contributed by atoms with van der Waals surface area (Å²) in [5.41, 5.74) is 2.82. The standard InChI is InChI=1S/C14H15N2O.BrH/c1-11-8-16(10-15-12(11)2)9-14(17)13-6-4-3-5-7-13;/h3-8,10H,9H2,1-2H3;1H/q+1;/p-1. The van der Waals surface area contributed by atoms with Crippen LogP contribution >= 0.6 is 0 Å². The van der Waals surface area contributed by atoms with Gasteiger partial charge in [0.05, 0.1) is 6.20 Å². The van der Waals surface area contributed by atoms with Crippen molar-refractivity contribution in [2.45, 2.75) is 20.4 Å². The Morgan fingerprint density at radius 2 is 1.89 bits per heavy atom. The summed E-state index contributed by atoms with van der Waals surface area (Å²) in [6, 6.07) is 9.31. The number of hydrogen-bond acceptors (Lipinski definition) is 2. The predicted octanol–water partition coefficient (Wildman–Crippen LogP) is -1.13. The first-order chi connectivity index (χ1) is 8.16. The predicted molar refractivity (Wildman–Crippen MR) is 64.7 cm³/mol. The van der Waals surface area contributed by atoms with Gasteiger partial charge in [-0.25, -0.2) is 4.57 Å². The number of ketones is 1. The summed E-state index contributed by atoms with van der Waals surface area (Å²) < 4.78 is 1.82. The van der Waals surface area contributed by atoms with Crippen LogP contribution in [0.2, 0.25) is 0 Å². The molecule has 1 aromatic carbocycles. The third-order valence-corrected chi connectivity index (χ3v) is 2.75. The molecule has 0 bridgehead atoms. The summed E-state index contributed by atoms with van der Waals surface area (Å²) in [7, 11) is 0. The van der Waals surface area contributed by atoms with Crippen molar-refractivity contribution in [3.05, 3.63) is 59.7 Å². The van der Waals surface area contributed by atoms with Crippen LogP contribution in [0.5, 0.6) is 0 Å². The molecule has 0 spiro atoms. The van der Waals surface area contributed by atoms with E-state index < -0.39 is 0 Å². The minimum absolute atomic E-state index is 0. The van der Waals surface area contributed by atoms with Crippen LogP contribution in [-0.2, 0) is 6.54 Å². The SMILES string of the molecule is Cc1c[n+](CC(=O)c2ccccc2)cnc1C.[Br-]. The van der Waals surface area contributed by atoms with Crippen LogP contribution in [0.25, 0.3) is 0 Å². The van der Waals surface area contributed by atoms with Crippen LogP contribution in [0.15, 0.2) is 42.9 Å². The maximum absolute atomic E-state index is 12.0. The van der Waals surface area contributed by atoms with E-state index in [9.17, 15) is 4.79 Å². The zero-order chi connectivity index (χ0) is 12.3. The molecule has 1 aromatic heterocycles. The Kier molecular flexibility index (Phi) is 5.16. The third kappa shape index (κ3) is 3.47. The number of aryl methyl sites for hydroxylation is 2. The molecule has 0 atom stereocenters. The first-order valence-corrected chi connectivity index (χ1v) is 5.57. The molecular formula is C14H15BrN2O. The Bertz CT molecular complexity index is 541. The summed E-state index contributed by atoms with van der Waals surface area (Å²) in [6.45, 7) is 4.28. The molecule has 0 aliphatic carbocycles. The number of Topliss-reactive ketones (excluding diaryl/α,β-unsaturated/α-hetero) is 1. The molecule has 0 unspecified atom stereocenters. The monoisotopic (exact) mass is 306 g/mol. The third-order valence-electron chi connectivity index (χ3n) is 2.75. The number of benzene rings is 1. The average molecular weight is 307 g/mol. The normalized spacial score (nSPS) is 9.67. The van der Waals surface area contributed by atoms with Crippen LogP contribution < -0.4 is 21.5 Å². The van der Waals surface area contributed by atoms with E-state index in [1.807, 2.05) is 54.9 Å². The summed E-state index contributed by atoms with van der Waals surface area (Å²) in [6.07, 6.45) is 3.65. The molecule has 4 heteroatoms. The molecule has 18 heavy (non-hydrogen) atoms. The Labute approximate surface area is 117 Å². The number of aromatic nitrogens is 2. The van der Waals surface area contributed by atoms with Gasteiger partial charge in [-0.3, -0.25) is 4.79 Å². The maximum Gasteiger partial charge on any atom is 0.286 e. The van der Waals surface area contributed by atoms with Gasteiger partial charge in [-0.05, 0) is 6.92 Å². The van der Waals surface area contributed by atoms with Crippen LogP contribution in [0, 0.1) is 13.8 Å². The van der Waals surface area contributed by atoms with Crippen LogP contribution in [0.1, 0.15) is 21.6 Å². The Balaban J connectivity index is 0.00000162. The lowest BCUT2D eigenvalue weighted by Crippen LogP contribution is -3.00. The van der Waals surface area contributed by atoms with Crippen molar-refractivity contribution in [3.8, 4) is 0 Å². The van der Waals surface area contributed by atoms with Gasteiger partial charge in [0.15, 0.2) is 12.2 Å². The van der Waals surface area contributed by atoms with E-state index in [1.165, 1.54) is 0 Å².